The molecule has 0 aliphatic rings. The summed E-state index contributed by atoms with van der Waals surface area (Å²) in [6.45, 7) is 4.00. The molecule has 0 spiro atoms. The van der Waals surface area contributed by atoms with E-state index in [2.05, 4.69) is 57.8 Å². The summed E-state index contributed by atoms with van der Waals surface area (Å²) < 4.78 is 7.29. The normalized spacial score (nSPS) is 10.8. The molecular formula is C32H21IrN2OS. The van der Waals surface area contributed by atoms with Gasteiger partial charge in [0.25, 0.3) is 0 Å². The molecule has 5 heteroatoms. The first-order chi connectivity index (χ1) is 17.7. The van der Waals surface area contributed by atoms with Crippen LogP contribution in [0.4, 0.5) is 0 Å². The van der Waals surface area contributed by atoms with E-state index in [-0.39, 0.29) is 20.1 Å². The van der Waals surface area contributed by atoms with Crippen molar-refractivity contribution >= 4 is 43.5 Å². The predicted molar refractivity (Wildman–Crippen MR) is 148 cm³/mol. The minimum atomic E-state index is 0. The predicted octanol–water partition coefficient (Wildman–Crippen LogP) is 8.63. The van der Waals surface area contributed by atoms with Crippen molar-refractivity contribution in [3.63, 3.8) is 0 Å². The number of thiophene rings is 1. The number of rotatable bonds is 2. The van der Waals surface area contributed by atoms with Crippen LogP contribution in [0.5, 0.6) is 0 Å². The number of fused-ring (bicyclic) bond motifs is 4. The van der Waals surface area contributed by atoms with E-state index in [0.29, 0.717) is 5.71 Å². The number of aromatic nitrogens is 2. The molecule has 180 valence electrons. The van der Waals surface area contributed by atoms with Crippen molar-refractivity contribution < 1.29 is 24.5 Å². The largest absolute Gasteiger partial charge is 3.00 e. The first-order valence-corrected chi connectivity index (χ1v) is 12.5. The van der Waals surface area contributed by atoms with E-state index in [1.54, 1.807) is 11.3 Å². The third kappa shape index (κ3) is 5.12. The topological polar surface area (TPSA) is 38.9 Å². The molecular weight excluding hydrogens is 653 g/mol. The maximum absolute atomic E-state index is 6.05. The van der Waals surface area contributed by atoms with Crippen LogP contribution in [0.3, 0.4) is 0 Å². The van der Waals surface area contributed by atoms with Crippen molar-refractivity contribution in [2.45, 2.75) is 13.8 Å². The van der Waals surface area contributed by atoms with Gasteiger partial charge in [0.05, 0.1) is 0 Å². The van der Waals surface area contributed by atoms with Crippen molar-refractivity contribution in [2.24, 2.45) is 0 Å². The van der Waals surface area contributed by atoms with Crippen molar-refractivity contribution in [1.82, 2.24) is 9.97 Å². The average molecular weight is 674 g/mol. The van der Waals surface area contributed by atoms with E-state index in [1.807, 2.05) is 74.6 Å². The molecule has 0 radical (unpaired) electrons. The maximum atomic E-state index is 6.05. The van der Waals surface area contributed by atoms with E-state index in [0.717, 1.165) is 44.4 Å². The molecule has 0 N–H and O–H groups in total. The third-order valence-corrected chi connectivity index (χ3v) is 6.87. The molecule has 0 fully saturated rings. The number of aryl methyl sites for hydroxylation is 2. The Labute approximate surface area is 233 Å². The molecule has 3 aromatic carbocycles. The monoisotopic (exact) mass is 674 g/mol. The summed E-state index contributed by atoms with van der Waals surface area (Å²) in [6, 6.07) is 36.1. The van der Waals surface area contributed by atoms with Crippen LogP contribution in [0, 0.1) is 32.0 Å². The van der Waals surface area contributed by atoms with Gasteiger partial charge in [0, 0.05) is 22.9 Å². The van der Waals surface area contributed by atoms with Crippen LogP contribution in [-0.4, -0.2) is 9.97 Å². The van der Waals surface area contributed by atoms with Gasteiger partial charge in [0.1, 0.15) is 0 Å². The van der Waals surface area contributed by atoms with Crippen LogP contribution in [0.25, 0.3) is 54.5 Å². The number of furan rings is 1. The number of nitrogens with zero attached hydrogens (tertiary/aromatic N) is 2. The molecule has 0 aliphatic carbocycles. The van der Waals surface area contributed by atoms with Crippen molar-refractivity contribution in [1.29, 1.82) is 0 Å². The molecule has 7 aromatic rings. The molecule has 4 aromatic heterocycles. The molecule has 0 saturated carbocycles. The fraction of sp³-hybridized carbons (Fsp3) is 0.0625. The second-order valence-corrected chi connectivity index (χ2v) is 9.53. The van der Waals surface area contributed by atoms with Crippen LogP contribution in [0.2, 0.25) is 0 Å². The Morgan fingerprint density at radius 3 is 2.57 bits per heavy atom. The molecule has 7 rings (SSSR count). The fourth-order valence-electron chi connectivity index (χ4n) is 4.15. The van der Waals surface area contributed by atoms with Gasteiger partial charge in [-0.1, -0.05) is 29.0 Å². The molecule has 3 nitrogen and oxygen atoms in total. The van der Waals surface area contributed by atoms with Gasteiger partial charge in [-0.2, -0.15) is 41.2 Å². The van der Waals surface area contributed by atoms with E-state index < -0.39 is 0 Å². The summed E-state index contributed by atoms with van der Waals surface area (Å²) >= 11 is 1.73. The van der Waals surface area contributed by atoms with Crippen molar-refractivity contribution in [2.75, 3.05) is 0 Å². The SMILES string of the molecule is Cc1ccc(-c2[c-]cccc2)nc1.Cc1ccc2c(n1)oc1c(-c3[c-]cc4sccc4c3)[c-]ccc12.[Ir+3]. The molecule has 0 aliphatic heterocycles. The minimum absolute atomic E-state index is 0. The quantitative estimate of drug-likeness (QED) is 0.173. The first-order valence-electron chi connectivity index (χ1n) is 11.7. The van der Waals surface area contributed by atoms with Gasteiger partial charge in [-0.25, -0.2) is 10.5 Å². The number of hydrogen-bond donors (Lipinski definition) is 0. The standard InChI is InChI=1S/C20H11NOS.C12H10N.Ir/c1-12-5-7-17-16-4-2-3-15(19(16)22-20(17)21-12)13-6-8-18-14(11-13)9-10-23-18;1-10-7-8-12(13-9-10)11-5-3-2-4-6-11;/h2,4-5,7-11H,1H3;2-5,7-9H,1H3;/q-2;-1;+3. The van der Waals surface area contributed by atoms with E-state index in [9.17, 15) is 0 Å². The molecule has 4 heterocycles. The maximum Gasteiger partial charge on any atom is 3.00 e. The van der Waals surface area contributed by atoms with Gasteiger partial charge in [0.15, 0.2) is 0 Å². The second kappa shape index (κ2) is 10.8. The smallest absolute Gasteiger partial charge is 0.496 e. The molecule has 0 unspecified atom stereocenters. The van der Waals surface area contributed by atoms with Gasteiger partial charge in [0.2, 0.25) is 5.71 Å². The second-order valence-electron chi connectivity index (χ2n) is 8.59. The van der Waals surface area contributed by atoms with E-state index >= 15 is 0 Å². The van der Waals surface area contributed by atoms with Crippen LogP contribution < -0.4 is 0 Å². The number of pyridine rings is 2. The molecule has 0 saturated heterocycles. The van der Waals surface area contributed by atoms with Crippen molar-refractivity contribution in [3.05, 3.63) is 120 Å². The van der Waals surface area contributed by atoms with E-state index in [1.165, 1.54) is 15.6 Å². The van der Waals surface area contributed by atoms with Crippen molar-refractivity contribution in [3.8, 4) is 22.4 Å². The molecule has 0 atom stereocenters. The Morgan fingerprint density at radius 2 is 1.76 bits per heavy atom. The minimum Gasteiger partial charge on any atom is -0.496 e. The van der Waals surface area contributed by atoms with Crippen LogP contribution in [-0.2, 0) is 20.1 Å². The average Bonchev–Trinajstić information content (AvgIpc) is 3.53. The summed E-state index contributed by atoms with van der Waals surface area (Å²) in [6.07, 6.45) is 1.87. The zero-order valence-corrected chi connectivity index (χ0v) is 23.4. The van der Waals surface area contributed by atoms with Gasteiger partial charge in [-0.05, 0) is 47.3 Å². The molecule has 0 amide bonds. The Morgan fingerprint density at radius 1 is 0.838 bits per heavy atom. The van der Waals surface area contributed by atoms with Crippen LogP contribution >= 0.6 is 11.3 Å². The fourth-order valence-corrected chi connectivity index (χ4v) is 4.90. The first kappa shape index (κ1) is 25.0. The Balaban J connectivity index is 0.000000172. The number of benzene rings is 3. The van der Waals surface area contributed by atoms with Crippen LogP contribution in [0.15, 0.2) is 94.9 Å². The Kier molecular flexibility index (Phi) is 7.29. The van der Waals surface area contributed by atoms with Gasteiger partial charge < -0.3 is 9.40 Å². The summed E-state index contributed by atoms with van der Waals surface area (Å²) in [5.41, 5.74) is 7.59. The number of hydrogen-bond acceptors (Lipinski definition) is 4. The van der Waals surface area contributed by atoms with E-state index in [4.69, 9.17) is 4.42 Å². The van der Waals surface area contributed by atoms with Gasteiger partial charge >= 0.3 is 20.1 Å². The molecule has 0 bridgehead atoms. The third-order valence-electron chi connectivity index (χ3n) is 5.99. The summed E-state index contributed by atoms with van der Waals surface area (Å²) in [7, 11) is 0. The zero-order chi connectivity index (χ0) is 24.5. The van der Waals surface area contributed by atoms with Gasteiger partial charge in [-0.3, -0.25) is 0 Å². The summed E-state index contributed by atoms with van der Waals surface area (Å²) in [5, 5.41) is 5.43. The zero-order valence-electron chi connectivity index (χ0n) is 20.2. The van der Waals surface area contributed by atoms with Gasteiger partial charge in [-0.15, -0.1) is 48.0 Å². The Bertz CT molecular complexity index is 1800. The summed E-state index contributed by atoms with van der Waals surface area (Å²) in [5.74, 6) is 0. The Hall–Kier alpha value is -3.63. The summed E-state index contributed by atoms with van der Waals surface area (Å²) in [4.78, 5) is 8.82. The molecule has 37 heavy (non-hydrogen) atoms. The van der Waals surface area contributed by atoms with Crippen LogP contribution in [0.1, 0.15) is 11.3 Å².